The zero-order valence-electron chi connectivity index (χ0n) is 12.3. The lowest BCUT2D eigenvalue weighted by Crippen LogP contribution is -2.43. The lowest BCUT2D eigenvalue weighted by atomic mass is 10.1. The van der Waals surface area contributed by atoms with E-state index in [9.17, 15) is 4.79 Å². The summed E-state index contributed by atoms with van der Waals surface area (Å²) in [4.78, 5) is 11.1. The van der Waals surface area contributed by atoms with E-state index in [1.807, 2.05) is 24.3 Å². The van der Waals surface area contributed by atoms with Crippen LogP contribution in [0.5, 0.6) is 5.75 Å². The Balaban J connectivity index is 2.89. The highest BCUT2D eigenvalue weighted by Crippen LogP contribution is 2.37. The molecule has 1 aromatic carbocycles. The molecule has 0 bridgehead atoms. The number of ketones is 1. The molecule has 0 radical (unpaired) electrons. The lowest BCUT2D eigenvalue weighted by Gasteiger charge is -2.36. The monoisotopic (exact) mass is 264 g/mol. The van der Waals surface area contributed by atoms with Crippen LogP contribution in [0.3, 0.4) is 0 Å². The van der Waals surface area contributed by atoms with Gasteiger partial charge in [-0.15, -0.1) is 0 Å². The second-order valence-electron chi connectivity index (χ2n) is 6.39. The van der Waals surface area contributed by atoms with Gasteiger partial charge in [0.1, 0.15) is 11.5 Å². The van der Waals surface area contributed by atoms with Crippen LogP contribution in [0.1, 0.15) is 33.3 Å². The van der Waals surface area contributed by atoms with E-state index >= 15 is 0 Å². The Hall–Kier alpha value is -1.09. The third-order valence-corrected chi connectivity index (χ3v) is 7.89. The molecule has 0 fully saturated rings. The van der Waals surface area contributed by atoms with Gasteiger partial charge in [-0.3, -0.25) is 4.79 Å². The number of hydrogen-bond acceptors (Lipinski definition) is 2. The van der Waals surface area contributed by atoms with Crippen LogP contribution < -0.4 is 4.43 Å². The molecular formula is C15H24O2Si. The molecule has 0 amide bonds. The number of Topliss-reactive ketones (excluding diaryl/α,β-unsaturated/α-hetero) is 1. The summed E-state index contributed by atoms with van der Waals surface area (Å²) in [5, 5.41) is 0.184. The topological polar surface area (TPSA) is 26.3 Å². The van der Waals surface area contributed by atoms with Crippen LogP contribution in [0.4, 0.5) is 0 Å². The van der Waals surface area contributed by atoms with Gasteiger partial charge in [-0.25, -0.2) is 0 Å². The third kappa shape index (κ3) is 3.98. The van der Waals surface area contributed by atoms with Gasteiger partial charge in [0.15, 0.2) is 0 Å². The highest BCUT2D eigenvalue weighted by molar-refractivity contribution is 6.74. The summed E-state index contributed by atoms with van der Waals surface area (Å²) in [6.07, 6.45) is 0.481. The highest BCUT2D eigenvalue weighted by Gasteiger charge is 2.38. The van der Waals surface area contributed by atoms with Crippen molar-refractivity contribution in [3.8, 4) is 5.75 Å². The van der Waals surface area contributed by atoms with Crippen molar-refractivity contribution in [2.75, 3.05) is 0 Å². The molecule has 0 unspecified atom stereocenters. The fourth-order valence-corrected chi connectivity index (χ4v) is 2.48. The zero-order chi connectivity index (χ0) is 14.0. The number of benzene rings is 1. The van der Waals surface area contributed by atoms with Crippen LogP contribution in [-0.4, -0.2) is 14.1 Å². The molecule has 0 heterocycles. The first-order chi connectivity index (χ1) is 8.12. The van der Waals surface area contributed by atoms with E-state index in [1.54, 1.807) is 6.92 Å². The first-order valence-electron chi connectivity index (χ1n) is 6.39. The molecule has 1 aromatic rings. The van der Waals surface area contributed by atoms with Crippen molar-refractivity contribution in [3.63, 3.8) is 0 Å². The number of carbonyl (C=O) groups excluding carboxylic acids is 1. The predicted molar refractivity (Wildman–Crippen MR) is 78.7 cm³/mol. The van der Waals surface area contributed by atoms with E-state index in [0.717, 1.165) is 11.3 Å². The Labute approximate surface area is 111 Å². The fourth-order valence-electron chi connectivity index (χ4n) is 1.45. The normalized spacial score (nSPS) is 12.3. The Bertz CT molecular complexity index is 430. The Morgan fingerprint density at radius 1 is 1.28 bits per heavy atom. The van der Waals surface area contributed by atoms with Crippen molar-refractivity contribution >= 4 is 14.1 Å². The van der Waals surface area contributed by atoms with Gasteiger partial charge < -0.3 is 4.43 Å². The highest BCUT2D eigenvalue weighted by atomic mass is 28.4. The van der Waals surface area contributed by atoms with Crippen molar-refractivity contribution in [2.45, 2.75) is 52.2 Å². The summed E-state index contributed by atoms with van der Waals surface area (Å²) in [5.74, 6) is 1.07. The Morgan fingerprint density at radius 3 is 2.39 bits per heavy atom. The quantitative estimate of drug-likeness (QED) is 0.762. The third-order valence-electron chi connectivity index (χ3n) is 3.53. The summed E-state index contributed by atoms with van der Waals surface area (Å²) in [7, 11) is -1.79. The van der Waals surface area contributed by atoms with E-state index in [0.29, 0.717) is 6.42 Å². The minimum absolute atomic E-state index is 0.180. The molecule has 0 spiro atoms. The molecule has 0 aliphatic carbocycles. The summed E-state index contributed by atoms with van der Waals surface area (Å²) in [6.45, 7) is 12.7. The van der Waals surface area contributed by atoms with Crippen molar-refractivity contribution in [1.29, 1.82) is 0 Å². The summed E-state index contributed by atoms with van der Waals surface area (Å²) >= 11 is 0. The van der Waals surface area contributed by atoms with Gasteiger partial charge in [0.05, 0.1) is 0 Å². The van der Waals surface area contributed by atoms with Crippen LogP contribution in [0.25, 0.3) is 0 Å². The van der Waals surface area contributed by atoms with Gasteiger partial charge in [0.2, 0.25) is 8.32 Å². The molecule has 1 rings (SSSR count). The van der Waals surface area contributed by atoms with Gasteiger partial charge in [-0.1, -0.05) is 32.9 Å². The molecule has 18 heavy (non-hydrogen) atoms. The second-order valence-corrected chi connectivity index (χ2v) is 11.1. The molecule has 3 heteroatoms. The van der Waals surface area contributed by atoms with Gasteiger partial charge >= 0.3 is 0 Å². The molecule has 0 aliphatic rings. The second kappa shape index (κ2) is 5.27. The molecule has 0 N–H and O–H groups in total. The van der Waals surface area contributed by atoms with E-state index in [1.165, 1.54) is 0 Å². The van der Waals surface area contributed by atoms with Gasteiger partial charge in [0, 0.05) is 6.42 Å². The predicted octanol–water partition coefficient (Wildman–Crippen LogP) is 4.20. The van der Waals surface area contributed by atoms with E-state index < -0.39 is 8.32 Å². The van der Waals surface area contributed by atoms with E-state index in [2.05, 4.69) is 33.9 Å². The molecule has 0 aliphatic heterocycles. The first kappa shape index (κ1) is 15.0. The number of rotatable bonds is 4. The van der Waals surface area contributed by atoms with Gasteiger partial charge in [-0.05, 0) is 42.8 Å². The van der Waals surface area contributed by atoms with Crippen molar-refractivity contribution in [3.05, 3.63) is 29.8 Å². The average Bonchev–Trinajstić information content (AvgIpc) is 2.14. The number of carbonyl (C=O) groups is 1. The van der Waals surface area contributed by atoms with Crippen LogP contribution in [-0.2, 0) is 11.2 Å². The maximum absolute atomic E-state index is 11.1. The van der Waals surface area contributed by atoms with Crippen LogP contribution in [0.2, 0.25) is 18.1 Å². The minimum Gasteiger partial charge on any atom is -0.543 e. The Kier molecular flexibility index (Phi) is 4.38. The minimum atomic E-state index is -1.79. The van der Waals surface area contributed by atoms with Gasteiger partial charge in [-0.2, -0.15) is 0 Å². The standard InChI is InChI=1S/C15H24O2Si/c1-12(16)10-13-8-7-9-14(11-13)17-18(5,6)15(2,3)4/h7-9,11H,10H2,1-6H3. The average molecular weight is 264 g/mol. The smallest absolute Gasteiger partial charge is 0.250 e. The molecule has 100 valence electrons. The van der Waals surface area contributed by atoms with Crippen molar-refractivity contribution < 1.29 is 9.22 Å². The fraction of sp³-hybridized carbons (Fsp3) is 0.533. The van der Waals surface area contributed by atoms with Crippen LogP contribution in [0.15, 0.2) is 24.3 Å². The Morgan fingerprint density at radius 2 is 1.89 bits per heavy atom. The molecule has 0 aromatic heterocycles. The van der Waals surface area contributed by atoms with Crippen molar-refractivity contribution in [1.82, 2.24) is 0 Å². The van der Waals surface area contributed by atoms with Gasteiger partial charge in [0.25, 0.3) is 0 Å². The molecule has 0 atom stereocenters. The zero-order valence-corrected chi connectivity index (χ0v) is 13.3. The molecule has 2 nitrogen and oxygen atoms in total. The summed E-state index contributed by atoms with van der Waals surface area (Å²) in [6, 6.07) is 7.90. The SMILES string of the molecule is CC(=O)Cc1cccc(O[Si](C)(C)C(C)(C)C)c1. The van der Waals surface area contributed by atoms with Crippen LogP contribution in [0, 0.1) is 0 Å². The first-order valence-corrected chi connectivity index (χ1v) is 9.30. The van der Waals surface area contributed by atoms with E-state index in [4.69, 9.17) is 4.43 Å². The summed E-state index contributed by atoms with van der Waals surface area (Å²) < 4.78 is 6.22. The maximum atomic E-state index is 11.1. The molecule has 0 saturated carbocycles. The maximum Gasteiger partial charge on any atom is 0.250 e. The summed E-state index contributed by atoms with van der Waals surface area (Å²) in [5.41, 5.74) is 1.03. The van der Waals surface area contributed by atoms with Crippen molar-refractivity contribution in [2.24, 2.45) is 0 Å². The number of hydrogen-bond donors (Lipinski definition) is 0. The largest absolute Gasteiger partial charge is 0.543 e. The van der Waals surface area contributed by atoms with Crippen LogP contribution >= 0.6 is 0 Å². The van der Waals surface area contributed by atoms with E-state index in [-0.39, 0.29) is 10.8 Å². The molecule has 0 saturated heterocycles. The molecular weight excluding hydrogens is 240 g/mol. The lowest BCUT2D eigenvalue weighted by molar-refractivity contribution is -0.116.